The number of rotatable bonds is 4. The summed E-state index contributed by atoms with van der Waals surface area (Å²) in [4.78, 5) is 17.3. The van der Waals surface area contributed by atoms with Crippen LogP contribution in [0.4, 0.5) is 8.78 Å². The SMILES string of the molecule is COc1cnc(C(F)F)cc1C1=C(C(C)=O)N(C)CC(Cl)=C1. The number of aromatic nitrogens is 1. The fourth-order valence-corrected chi connectivity index (χ4v) is 2.69. The average Bonchev–Trinajstić information content (AvgIpc) is 2.45. The third-order valence-electron chi connectivity index (χ3n) is 3.28. The standard InChI is InChI=1S/C15H15ClF2N2O2/c1-8(21)14-11(4-9(16)7-20(14)2)10-5-12(15(17)18)19-6-13(10)22-3/h4-6,15H,7H2,1-3H3. The molecule has 2 heterocycles. The maximum atomic E-state index is 12.9. The Morgan fingerprint density at radius 3 is 2.73 bits per heavy atom. The van der Waals surface area contributed by atoms with Gasteiger partial charge in [-0.2, -0.15) is 0 Å². The number of halogens is 3. The van der Waals surface area contributed by atoms with Crippen LogP contribution in [-0.4, -0.2) is 36.4 Å². The summed E-state index contributed by atoms with van der Waals surface area (Å²) >= 11 is 6.09. The molecular weight excluding hydrogens is 314 g/mol. The van der Waals surface area contributed by atoms with E-state index in [1.807, 2.05) is 0 Å². The van der Waals surface area contributed by atoms with Crippen molar-refractivity contribution in [3.63, 3.8) is 0 Å². The molecule has 1 aromatic rings. The molecule has 0 atom stereocenters. The van der Waals surface area contributed by atoms with Gasteiger partial charge in [0.05, 0.1) is 25.5 Å². The molecule has 22 heavy (non-hydrogen) atoms. The van der Waals surface area contributed by atoms with Crippen molar-refractivity contribution in [1.29, 1.82) is 0 Å². The summed E-state index contributed by atoms with van der Waals surface area (Å²) in [6.45, 7) is 1.80. The van der Waals surface area contributed by atoms with Crippen molar-refractivity contribution in [2.24, 2.45) is 0 Å². The van der Waals surface area contributed by atoms with Crippen LogP contribution in [0.15, 0.2) is 29.1 Å². The average molecular weight is 329 g/mol. The predicted octanol–water partition coefficient (Wildman–Crippen LogP) is 3.40. The smallest absolute Gasteiger partial charge is 0.280 e. The molecule has 1 aliphatic rings. The van der Waals surface area contributed by atoms with Gasteiger partial charge in [-0.3, -0.25) is 9.78 Å². The van der Waals surface area contributed by atoms with Gasteiger partial charge in [-0.15, -0.1) is 0 Å². The Balaban J connectivity index is 2.72. The minimum atomic E-state index is -2.72. The van der Waals surface area contributed by atoms with Crippen LogP contribution in [0.3, 0.4) is 0 Å². The number of Topliss-reactive ketones (excluding diaryl/α,β-unsaturated/α-hetero) is 1. The molecule has 0 spiro atoms. The lowest BCUT2D eigenvalue weighted by atomic mass is 9.97. The van der Waals surface area contributed by atoms with Crippen molar-refractivity contribution in [3.8, 4) is 5.75 Å². The van der Waals surface area contributed by atoms with Crippen molar-refractivity contribution in [2.45, 2.75) is 13.3 Å². The first-order valence-corrected chi connectivity index (χ1v) is 6.87. The molecule has 118 valence electrons. The molecule has 0 saturated carbocycles. The molecule has 0 radical (unpaired) electrons. The lowest BCUT2D eigenvalue weighted by Gasteiger charge is -2.28. The molecule has 7 heteroatoms. The molecule has 0 unspecified atom stereocenters. The van der Waals surface area contributed by atoms with Gasteiger partial charge in [-0.05, 0) is 12.1 Å². The number of ketones is 1. The molecule has 0 N–H and O–H groups in total. The van der Waals surface area contributed by atoms with E-state index < -0.39 is 6.43 Å². The second-order valence-corrected chi connectivity index (χ2v) is 5.36. The topological polar surface area (TPSA) is 42.4 Å². The number of allylic oxidation sites excluding steroid dienone is 3. The summed E-state index contributed by atoms with van der Waals surface area (Å²) in [5, 5.41) is 0.500. The van der Waals surface area contributed by atoms with E-state index >= 15 is 0 Å². The summed E-state index contributed by atoms with van der Waals surface area (Å²) < 4.78 is 31.0. The number of pyridine rings is 1. The van der Waals surface area contributed by atoms with Crippen LogP contribution in [0.25, 0.3) is 5.57 Å². The van der Waals surface area contributed by atoms with Crippen LogP contribution in [0.5, 0.6) is 5.75 Å². The van der Waals surface area contributed by atoms with Gasteiger partial charge in [0.25, 0.3) is 6.43 Å². The quantitative estimate of drug-likeness (QED) is 0.849. The van der Waals surface area contributed by atoms with Gasteiger partial charge < -0.3 is 9.64 Å². The van der Waals surface area contributed by atoms with Gasteiger partial charge in [-0.25, -0.2) is 8.78 Å². The van der Waals surface area contributed by atoms with E-state index in [0.717, 1.165) is 0 Å². The van der Waals surface area contributed by atoms with Gasteiger partial charge in [0.1, 0.15) is 11.4 Å². The zero-order valence-corrected chi connectivity index (χ0v) is 13.1. The van der Waals surface area contributed by atoms with Crippen LogP contribution in [0, 0.1) is 0 Å². The summed E-state index contributed by atoms with van der Waals surface area (Å²) in [7, 11) is 3.13. The maximum Gasteiger partial charge on any atom is 0.280 e. The second-order valence-electron chi connectivity index (χ2n) is 4.88. The third kappa shape index (κ3) is 3.11. The fourth-order valence-electron chi connectivity index (χ4n) is 2.40. The Kier molecular flexibility index (Phi) is 4.81. The van der Waals surface area contributed by atoms with Crippen molar-refractivity contribution < 1.29 is 18.3 Å². The van der Waals surface area contributed by atoms with Gasteiger partial charge >= 0.3 is 0 Å². The van der Waals surface area contributed by atoms with Gasteiger partial charge in [0.15, 0.2) is 5.78 Å². The van der Waals surface area contributed by atoms with Crippen LogP contribution in [0.2, 0.25) is 0 Å². The molecule has 0 aliphatic carbocycles. The molecule has 0 amide bonds. The van der Waals surface area contributed by atoms with Crippen LogP contribution in [0.1, 0.15) is 24.6 Å². The Labute approximate surface area is 132 Å². The third-order valence-corrected chi connectivity index (χ3v) is 3.51. The highest BCUT2D eigenvalue weighted by Gasteiger charge is 2.25. The Hall–Kier alpha value is -1.95. The van der Waals surface area contributed by atoms with Crippen molar-refractivity contribution in [3.05, 3.63) is 40.3 Å². The monoisotopic (exact) mass is 328 g/mol. The first-order chi connectivity index (χ1) is 10.3. The normalized spacial score (nSPS) is 15.2. The second kappa shape index (κ2) is 6.44. The minimum absolute atomic E-state index is 0.185. The molecule has 0 fully saturated rings. The summed E-state index contributed by atoms with van der Waals surface area (Å²) in [5.41, 5.74) is 0.827. The van der Waals surface area contributed by atoms with E-state index in [4.69, 9.17) is 16.3 Å². The van der Waals surface area contributed by atoms with E-state index in [2.05, 4.69) is 4.98 Å². The van der Waals surface area contributed by atoms with Crippen molar-refractivity contribution >= 4 is 23.0 Å². The van der Waals surface area contributed by atoms with E-state index in [-0.39, 0.29) is 11.5 Å². The van der Waals surface area contributed by atoms with Crippen LogP contribution < -0.4 is 4.74 Å². The van der Waals surface area contributed by atoms with E-state index in [1.165, 1.54) is 26.3 Å². The zero-order valence-electron chi connectivity index (χ0n) is 12.4. The number of hydrogen-bond donors (Lipinski definition) is 0. The maximum absolute atomic E-state index is 12.9. The Bertz CT molecular complexity index is 672. The highest BCUT2D eigenvalue weighted by Crippen LogP contribution is 2.36. The number of hydrogen-bond acceptors (Lipinski definition) is 4. The molecule has 0 aromatic carbocycles. The molecule has 1 aliphatic heterocycles. The summed E-state index contributed by atoms with van der Waals surface area (Å²) in [5.74, 6) is 0.115. The number of likely N-dealkylation sites (N-methyl/N-ethyl adjacent to an activating group) is 1. The van der Waals surface area contributed by atoms with E-state index in [9.17, 15) is 13.6 Å². The van der Waals surface area contributed by atoms with Crippen LogP contribution in [-0.2, 0) is 4.79 Å². The largest absolute Gasteiger partial charge is 0.494 e. The minimum Gasteiger partial charge on any atom is -0.494 e. The van der Waals surface area contributed by atoms with Crippen molar-refractivity contribution in [2.75, 3.05) is 20.7 Å². The number of alkyl halides is 2. The first-order valence-electron chi connectivity index (χ1n) is 6.50. The summed E-state index contributed by atoms with van der Waals surface area (Å²) in [6, 6.07) is 1.22. The molecule has 1 aromatic heterocycles. The molecule has 0 saturated heterocycles. The number of carbonyl (C=O) groups is 1. The Morgan fingerprint density at radius 2 is 2.18 bits per heavy atom. The molecular formula is C15H15ClF2N2O2. The van der Waals surface area contributed by atoms with Gasteiger partial charge in [0.2, 0.25) is 0 Å². The van der Waals surface area contributed by atoms with Gasteiger partial charge in [-0.1, -0.05) is 11.6 Å². The lowest BCUT2D eigenvalue weighted by molar-refractivity contribution is -0.114. The highest BCUT2D eigenvalue weighted by molar-refractivity contribution is 6.31. The zero-order chi connectivity index (χ0) is 16.4. The fraction of sp³-hybridized carbons (Fsp3) is 0.333. The molecule has 4 nitrogen and oxygen atoms in total. The van der Waals surface area contributed by atoms with Crippen LogP contribution >= 0.6 is 11.6 Å². The predicted molar refractivity (Wildman–Crippen MR) is 79.9 cm³/mol. The first kappa shape index (κ1) is 16.4. The molecule has 0 bridgehead atoms. The highest BCUT2D eigenvalue weighted by atomic mass is 35.5. The van der Waals surface area contributed by atoms with Gasteiger partial charge in [0, 0.05) is 30.1 Å². The van der Waals surface area contributed by atoms with Crippen molar-refractivity contribution in [1.82, 2.24) is 9.88 Å². The number of methoxy groups -OCH3 is 1. The number of ether oxygens (including phenoxy) is 1. The van der Waals surface area contributed by atoms with E-state index in [0.29, 0.717) is 34.2 Å². The number of carbonyl (C=O) groups excluding carboxylic acids is 1. The van der Waals surface area contributed by atoms with E-state index in [1.54, 1.807) is 18.0 Å². The summed E-state index contributed by atoms with van der Waals surface area (Å²) in [6.07, 6.45) is 0.107. The molecule has 2 rings (SSSR count). The lowest BCUT2D eigenvalue weighted by Crippen LogP contribution is -2.27. The number of nitrogens with zero attached hydrogens (tertiary/aromatic N) is 2. The Morgan fingerprint density at radius 1 is 1.50 bits per heavy atom.